The molecular weight excluding hydrogens is 304 g/mol. The lowest BCUT2D eigenvalue weighted by Crippen LogP contribution is -2.34. The van der Waals surface area contributed by atoms with Crippen LogP contribution in [0.1, 0.15) is 17.5 Å². The highest BCUT2D eigenvalue weighted by Gasteiger charge is 2.16. The fraction of sp³-hybridized carbons (Fsp3) is 0.174. The lowest BCUT2D eigenvalue weighted by molar-refractivity contribution is 0.533. The zero-order valence-corrected chi connectivity index (χ0v) is 14.2. The molecule has 1 unspecified atom stereocenters. The number of nitrogens with zero attached hydrogens (tertiary/aromatic N) is 1. The number of pyridine rings is 1. The van der Waals surface area contributed by atoms with Gasteiger partial charge in [-0.3, -0.25) is 4.98 Å². The Morgan fingerprint density at radius 2 is 1.60 bits per heavy atom. The second-order valence-corrected chi connectivity index (χ2v) is 6.52. The van der Waals surface area contributed by atoms with Gasteiger partial charge in [-0.05, 0) is 41.7 Å². The number of rotatable bonds is 4. The van der Waals surface area contributed by atoms with E-state index in [-0.39, 0.29) is 0 Å². The van der Waals surface area contributed by atoms with Gasteiger partial charge in [-0.2, -0.15) is 0 Å². The van der Waals surface area contributed by atoms with Crippen LogP contribution in [0.15, 0.2) is 85.1 Å². The molecule has 1 atom stereocenters. The molecule has 1 aromatic heterocycles. The van der Waals surface area contributed by atoms with E-state index >= 15 is 0 Å². The molecule has 0 saturated heterocycles. The van der Waals surface area contributed by atoms with Crippen LogP contribution in [0.3, 0.4) is 0 Å². The molecule has 0 amide bonds. The van der Waals surface area contributed by atoms with Gasteiger partial charge in [0.15, 0.2) is 0 Å². The second-order valence-electron chi connectivity index (χ2n) is 6.52. The number of hydrogen-bond acceptors (Lipinski definition) is 2. The Hall–Kier alpha value is -2.71. The molecule has 0 saturated carbocycles. The van der Waals surface area contributed by atoms with E-state index in [0.29, 0.717) is 6.04 Å². The van der Waals surface area contributed by atoms with Gasteiger partial charge in [-0.1, -0.05) is 66.7 Å². The van der Waals surface area contributed by atoms with E-state index in [2.05, 4.69) is 83.1 Å². The van der Waals surface area contributed by atoms with E-state index in [9.17, 15) is 0 Å². The summed E-state index contributed by atoms with van der Waals surface area (Å²) in [5, 5.41) is 3.63. The van der Waals surface area contributed by atoms with Gasteiger partial charge >= 0.3 is 0 Å². The van der Waals surface area contributed by atoms with Crippen molar-refractivity contribution in [2.45, 2.75) is 18.9 Å². The molecule has 1 aliphatic rings. The molecule has 3 aromatic rings. The molecule has 124 valence electrons. The largest absolute Gasteiger partial charge is 0.310 e. The van der Waals surface area contributed by atoms with Crippen molar-refractivity contribution in [3.8, 4) is 11.3 Å². The smallest absolute Gasteiger partial charge is 0.0704 e. The average molecular weight is 326 g/mol. The molecule has 0 aliphatic carbocycles. The third kappa shape index (κ3) is 3.86. The van der Waals surface area contributed by atoms with Crippen LogP contribution in [0.2, 0.25) is 0 Å². The van der Waals surface area contributed by atoms with E-state index in [4.69, 9.17) is 0 Å². The standard InChI is InChI=1S/C23H22N2/c1-3-7-19(8-4-1)21-12-14-24-22(17-21)15-18-11-13-25-23(16-18)20-9-5-2-6-10-20/h1-13,16,22,24H,14-15,17H2. The van der Waals surface area contributed by atoms with Crippen molar-refractivity contribution in [3.05, 3.63) is 96.2 Å². The summed E-state index contributed by atoms with van der Waals surface area (Å²) >= 11 is 0. The molecule has 0 fully saturated rings. The molecule has 2 nitrogen and oxygen atoms in total. The monoisotopic (exact) mass is 326 g/mol. The van der Waals surface area contributed by atoms with Crippen molar-refractivity contribution in [1.29, 1.82) is 0 Å². The predicted octanol–water partition coefficient (Wildman–Crippen LogP) is 4.74. The number of nitrogens with one attached hydrogen (secondary N) is 1. The third-order valence-corrected chi connectivity index (χ3v) is 4.74. The quantitative estimate of drug-likeness (QED) is 0.749. The van der Waals surface area contributed by atoms with Crippen molar-refractivity contribution in [3.63, 3.8) is 0 Å². The van der Waals surface area contributed by atoms with Crippen LogP contribution in [0.25, 0.3) is 16.8 Å². The first-order valence-corrected chi connectivity index (χ1v) is 8.87. The highest BCUT2D eigenvalue weighted by Crippen LogP contribution is 2.25. The molecular formula is C23H22N2. The molecule has 2 aromatic carbocycles. The van der Waals surface area contributed by atoms with Gasteiger partial charge in [-0.25, -0.2) is 0 Å². The summed E-state index contributed by atoms with van der Waals surface area (Å²) in [6.45, 7) is 0.936. The maximum absolute atomic E-state index is 4.53. The maximum atomic E-state index is 4.53. The van der Waals surface area contributed by atoms with Crippen molar-refractivity contribution < 1.29 is 0 Å². The third-order valence-electron chi connectivity index (χ3n) is 4.74. The molecule has 0 spiro atoms. The summed E-state index contributed by atoms with van der Waals surface area (Å²) in [5.41, 5.74) is 6.34. The van der Waals surface area contributed by atoms with Crippen LogP contribution in [-0.4, -0.2) is 17.6 Å². The molecule has 1 N–H and O–H groups in total. The normalized spacial score (nSPS) is 17.1. The minimum absolute atomic E-state index is 0.464. The topological polar surface area (TPSA) is 24.9 Å². The van der Waals surface area contributed by atoms with E-state index in [1.807, 2.05) is 12.3 Å². The summed E-state index contributed by atoms with van der Waals surface area (Å²) in [7, 11) is 0. The van der Waals surface area contributed by atoms with E-state index < -0.39 is 0 Å². The fourth-order valence-corrected chi connectivity index (χ4v) is 3.45. The summed E-state index contributed by atoms with van der Waals surface area (Å²) in [5.74, 6) is 0. The lowest BCUT2D eigenvalue weighted by Gasteiger charge is -2.25. The van der Waals surface area contributed by atoms with Crippen LogP contribution >= 0.6 is 0 Å². The van der Waals surface area contributed by atoms with Gasteiger partial charge in [0, 0.05) is 24.3 Å². The average Bonchev–Trinajstić information content (AvgIpc) is 2.70. The maximum Gasteiger partial charge on any atom is 0.0704 e. The molecule has 2 heteroatoms. The SMILES string of the molecule is C1=C(c2ccccc2)CC(Cc2ccnc(-c3ccccc3)c2)NC1. The van der Waals surface area contributed by atoms with Crippen LogP contribution in [-0.2, 0) is 6.42 Å². The van der Waals surface area contributed by atoms with Crippen molar-refractivity contribution >= 4 is 5.57 Å². The van der Waals surface area contributed by atoms with Gasteiger partial charge < -0.3 is 5.32 Å². The summed E-state index contributed by atoms with van der Waals surface area (Å²) in [4.78, 5) is 4.53. The zero-order chi connectivity index (χ0) is 16.9. The van der Waals surface area contributed by atoms with Gasteiger partial charge in [0.05, 0.1) is 5.69 Å². The summed E-state index contributed by atoms with van der Waals surface area (Å²) in [6, 6.07) is 25.9. The van der Waals surface area contributed by atoms with Gasteiger partial charge in [-0.15, -0.1) is 0 Å². The van der Waals surface area contributed by atoms with E-state index in [1.54, 1.807) is 0 Å². The number of hydrogen-bond donors (Lipinski definition) is 1. The van der Waals surface area contributed by atoms with Crippen molar-refractivity contribution in [2.75, 3.05) is 6.54 Å². The van der Waals surface area contributed by atoms with Gasteiger partial charge in [0.2, 0.25) is 0 Å². The zero-order valence-electron chi connectivity index (χ0n) is 14.2. The van der Waals surface area contributed by atoms with Gasteiger partial charge in [0.25, 0.3) is 0 Å². The first kappa shape index (κ1) is 15.8. The summed E-state index contributed by atoms with van der Waals surface area (Å²) in [6.07, 6.45) is 6.32. The first-order valence-electron chi connectivity index (χ1n) is 8.87. The van der Waals surface area contributed by atoms with Crippen LogP contribution in [0.4, 0.5) is 0 Å². The Kier molecular flexibility index (Phi) is 4.71. The lowest BCUT2D eigenvalue weighted by atomic mass is 9.92. The summed E-state index contributed by atoms with van der Waals surface area (Å²) < 4.78 is 0. The Bertz CT molecular complexity index is 854. The van der Waals surface area contributed by atoms with Crippen molar-refractivity contribution in [2.24, 2.45) is 0 Å². The van der Waals surface area contributed by atoms with Crippen LogP contribution < -0.4 is 5.32 Å². The number of aromatic nitrogens is 1. The predicted molar refractivity (Wildman–Crippen MR) is 104 cm³/mol. The van der Waals surface area contributed by atoms with Gasteiger partial charge in [0.1, 0.15) is 0 Å². The molecule has 4 rings (SSSR count). The van der Waals surface area contributed by atoms with Crippen molar-refractivity contribution in [1.82, 2.24) is 10.3 Å². The van der Waals surface area contributed by atoms with E-state index in [1.165, 1.54) is 22.3 Å². The molecule has 0 radical (unpaired) electrons. The Morgan fingerprint density at radius 3 is 2.36 bits per heavy atom. The van der Waals surface area contributed by atoms with Crippen LogP contribution in [0.5, 0.6) is 0 Å². The number of benzene rings is 2. The Morgan fingerprint density at radius 1 is 0.880 bits per heavy atom. The van der Waals surface area contributed by atoms with E-state index in [0.717, 1.165) is 25.1 Å². The molecule has 2 heterocycles. The highest BCUT2D eigenvalue weighted by molar-refractivity contribution is 5.67. The van der Waals surface area contributed by atoms with Crippen LogP contribution in [0, 0.1) is 0 Å². The highest BCUT2D eigenvalue weighted by atomic mass is 14.9. The Balaban J connectivity index is 1.49. The second kappa shape index (κ2) is 7.45. The molecule has 0 bridgehead atoms. The minimum atomic E-state index is 0.464. The Labute approximate surface area is 149 Å². The molecule has 25 heavy (non-hydrogen) atoms. The molecule has 1 aliphatic heterocycles. The minimum Gasteiger partial charge on any atom is -0.310 e. The first-order chi connectivity index (χ1) is 12.4. The fourth-order valence-electron chi connectivity index (χ4n) is 3.45.